The van der Waals surface area contributed by atoms with Gasteiger partial charge in [0, 0.05) is 0 Å². The number of carboxylic acid groups (broad SMARTS) is 2. The van der Waals surface area contributed by atoms with Crippen LogP contribution < -0.4 is 11.5 Å². The van der Waals surface area contributed by atoms with Crippen molar-refractivity contribution in [1.82, 2.24) is 0 Å². The third-order valence-electron chi connectivity index (χ3n) is 0.683. The van der Waals surface area contributed by atoms with Gasteiger partial charge in [-0.1, -0.05) is 0 Å². The minimum Gasteiger partial charge on any atom is -0.487 e. The first-order chi connectivity index (χ1) is 6.68. The molecule has 0 bridgehead atoms. The van der Waals surface area contributed by atoms with Gasteiger partial charge in [0.2, 0.25) is 0 Å². The summed E-state index contributed by atoms with van der Waals surface area (Å²) in [6.07, 6.45) is -2.02. The van der Waals surface area contributed by atoms with Crippen LogP contribution >= 0.6 is 24.4 Å². The molecule has 8 nitrogen and oxygen atoms in total. The predicted octanol–water partition coefficient (Wildman–Crippen LogP) is -1.43. The Bertz CT molecular complexity index is 263. The lowest BCUT2D eigenvalue weighted by molar-refractivity contribution is -0.159. The van der Waals surface area contributed by atoms with E-state index in [2.05, 4.69) is 34.9 Å². The highest BCUT2D eigenvalue weighted by molar-refractivity contribution is 7.80. The third kappa shape index (κ3) is 12.3. The number of hydrogen-bond acceptors (Lipinski definition) is 5. The number of nitrogens with two attached hydrogens (primary N) is 2. The normalized spacial score (nSPS) is 8.33. The third-order valence-corrected chi connectivity index (χ3v) is 0.779. The summed E-state index contributed by atoms with van der Waals surface area (Å²) in [4.78, 5) is 20.1. The molecule has 0 radical (unpaired) electrons. The zero-order chi connectivity index (χ0) is 12.6. The van der Waals surface area contributed by atoms with Crippen molar-refractivity contribution in [2.24, 2.45) is 11.5 Å². The van der Waals surface area contributed by atoms with Crippen molar-refractivity contribution in [2.75, 3.05) is 0 Å². The number of hydrogen-bond donors (Lipinski definition) is 5. The molecule has 7 N–H and O–H groups in total. The molecule has 0 rings (SSSR count). The van der Waals surface area contributed by atoms with Gasteiger partial charge in [0.15, 0.2) is 0 Å². The summed E-state index contributed by atoms with van der Waals surface area (Å²) in [5, 5.41) is 22.8. The van der Waals surface area contributed by atoms with Gasteiger partial charge in [0.25, 0.3) is 16.5 Å². The molecule has 0 unspecified atom stereocenters. The molecule has 0 atom stereocenters. The highest BCUT2D eigenvalue weighted by Crippen LogP contribution is 1.92. The molecule has 0 spiro atoms. The van der Waals surface area contributed by atoms with Crippen LogP contribution in [-0.4, -0.2) is 43.7 Å². The molecule has 0 aliphatic heterocycles. The number of aliphatic carboxylic acids is 2. The number of aliphatic hydroxyl groups excluding tert-OH is 1. The smallest absolute Gasteiger partial charge is 0.356 e. The second-order valence-corrected chi connectivity index (χ2v) is 2.65. The molecule has 0 amide bonds. The largest absolute Gasteiger partial charge is 0.487 e. The van der Waals surface area contributed by atoms with Gasteiger partial charge in [0.05, 0.1) is 0 Å². The average molecular weight is 256 g/mol. The zero-order valence-corrected chi connectivity index (χ0v) is 8.75. The molecule has 0 saturated carbocycles. The maximum Gasteiger partial charge on any atom is 0.356 e. The van der Waals surface area contributed by atoms with E-state index in [9.17, 15) is 9.59 Å². The Kier molecular flexibility index (Phi) is 8.10. The van der Waals surface area contributed by atoms with Crippen molar-refractivity contribution in [2.45, 2.75) is 6.10 Å². The fourth-order valence-corrected chi connectivity index (χ4v) is 0.419. The van der Waals surface area contributed by atoms with Gasteiger partial charge in [-0.15, -0.1) is 0 Å². The summed E-state index contributed by atoms with van der Waals surface area (Å²) in [7, 11) is 0. The van der Waals surface area contributed by atoms with Crippen LogP contribution in [0.4, 0.5) is 0 Å². The molecule has 0 aromatic carbocycles. The Labute approximate surface area is 94.4 Å². The molecule has 0 heterocycles. The van der Waals surface area contributed by atoms with Gasteiger partial charge >= 0.3 is 11.9 Å². The monoisotopic (exact) mass is 256 g/mol. The van der Waals surface area contributed by atoms with Gasteiger partial charge < -0.3 is 31.5 Å². The standard InChI is InChI=1S/C4H5NO5S.CH3NOS/c5-4(11)10-1(2(6)7)3(8)9;2-1(3)4/h1H,(H2,5,11)(H,6,7)(H,8,9);(H3,2,3,4). The SMILES string of the molecule is NC(=S)OC(C(=O)O)C(=O)O.NC(O)=S. The Morgan fingerprint density at radius 2 is 1.33 bits per heavy atom. The Balaban J connectivity index is 0. The number of aliphatic hydroxyl groups is 1. The minimum atomic E-state index is -2.02. The predicted molar refractivity (Wildman–Crippen MR) is 56.3 cm³/mol. The molecular weight excluding hydrogens is 248 g/mol. The van der Waals surface area contributed by atoms with E-state index in [-0.39, 0.29) is 0 Å². The summed E-state index contributed by atoms with van der Waals surface area (Å²) in [5.74, 6) is -3.30. The van der Waals surface area contributed by atoms with Crippen molar-refractivity contribution in [3.8, 4) is 0 Å². The van der Waals surface area contributed by atoms with Crippen LogP contribution in [0, 0.1) is 0 Å². The van der Waals surface area contributed by atoms with Gasteiger partial charge in [0.1, 0.15) is 0 Å². The summed E-state index contributed by atoms with van der Waals surface area (Å²) in [5.41, 5.74) is 9.15. The summed E-state index contributed by atoms with van der Waals surface area (Å²) in [6, 6.07) is 0. The highest BCUT2D eigenvalue weighted by Gasteiger charge is 2.27. The van der Waals surface area contributed by atoms with Crippen molar-refractivity contribution in [3.63, 3.8) is 0 Å². The number of ether oxygens (including phenoxy) is 1. The fourth-order valence-electron chi connectivity index (χ4n) is 0.323. The molecule has 86 valence electrons. The van der Waals surface area contributed by atoms with Gasteiger partial charge in [-0.25, -0.2) is 9.59 Å². The van der Waals surface area contributed by atoms with Crippen LogP contribution in [0.2, 0.25) is 0 Å². The van der Waals surface area contributed by atoms with E-state index in [1.165, 1.54) is 0 Å². The first-order valence-corrected chi connectivity index (χ1v) is 3.90. The number of carboxylic acids is 2. The van der Waals surface area contributed by atoms with Crippen molar-refractivity contribution < 1.29 is 29.6 Å². The van der Waals surface area contributed by atoms with E-state index in [4.69, 9.17) is 21.1 Å². The molecular formula is C5H8N2O6S2. The van der Waals surface area contributed by atoms with E-state index in [1.54, 1.807) is 0 Å². The zero-order valence-electron chi connectivity index (χ0n) is 7.11. The van der Waals surface area contributed by atoms with E-state index in [1.807, 2.05) is 0 Å². The average Bonchev–Trinajstić information content (AvgIpc) is 1.97. The molecule has 15 heavy (non-hydrogen) atoms. The van der Waals surface area contributed by atoms with Crippen LogP contribution in [0.25, 0.3) is 0 Å². The first kappa shape index (κ1) is 15.8. The second-order valence-electron chi connectivity index (χ2n) is 1.83. The van der Waals surface area contributed by atoms with Crippen LogP contribution in [-0.2, 0) is 14.3 Å². The molecule has 10 heteroatoms. The lowest BCUT2D eigenvalue weighted by Crippen LogP contribution is -2.36. The van der Waals surface area contributed by atoms with Crippen LogP contribution in [0.15, 0.2) is 0 Å². The van der Waals surface area contributed by atoms with E-state index in [0.29, 0.717) is 0 Å². The maximum atomic E-state index is 10.1. The van der Waals surface area contributed by atoms with Crippen molar-refractivity contribution in [3.05, 3.63) is 0 Å². The number of carbonyl (C=O) groups is 2. The number of thiocarbonyl (C=S) groups is 2. The van der Waals surface area contributed by atoms with E-state index >= 15 is 0 Å². The summed E-state index contributed by atoms with van der Waals surface area (Å²) < 4.78 is 4.08. The van der Waals surface area contributed by atoms with Crippen LogP contribution in [0.1, 0.15) is 0 Å². The Morgan fingerprint density at radius 3 is 1.40 bits per heavy atom. The lowest BCUT2D eigenvalue weighted by atomic mass is 10.4. The minimum absolute atomic E-state index is 0.500. The number of rotatable bonds is 3. The van der Waals surface area contributed by atoms with Crippen molar-refractivity contribution in [1.29, 1.82) is 0 Å². The molecule has 0 aromatic rings. The first-order valence-electron chi connectivity index (χ1n) is 3.08. The Morgan fingerprint density at radius 1 is 1.07 bits per heavy atom. The van der Waals surface area contributed by atoms with Crippen molar-refractivity contribution >= 4 is 46.7 Å². The quantitative estimate of drug-likeness (QED) is 0.299. The lowest BCUT2D eigenvalue weighted by Gasteiger charge is -2.07. The molecule has 0 aromatic heterocycles. The second kappa shape index (κ2) is 7.70. The maximum absolute atomic E-state index is 10.1. The molecule has 0 saturated heterocycles. The molecule has 0 aliphatic carbocycles. The summed E-state index contributed by atoms with van der Waals surface area (Å²) in [6.45, 7) is 0. The summed E-state index contributed by atoms with van der Waals surface area (Å²) >= 11 is 8.01. The van der Waals surface area contributed by atoms with Gasteiger partial charge in [-0.05, 0) is 24.4 Å². The van der Waals surface area contributed by atoms with Gasteiger partial charge in [-0.3, -0.25) is 0 Å². The van der Waals surface area contributed by atoms with Crippen LogP contribution in [0.5, 0.6) is 0 Å². The molecule has 0 fully saturated rings. The Hall–Kier alpha value is -1.68. The van der Waals surface area contributed by atoms with Crippen LogP contribution in [0.3, 0.4) is 0 Å². The van der Waals surface area contributed by atoms with Gasteiger partial charge in [-0.2, -0.15) is 0 Å². The highest BCUT2D eigenvalue weighted by atomic mass is 32.1. The molecule has 0 aliphatic rings. The van der Waals surface area contributed by atoms with E-state index < -0.39 is 28.4 Å². The van der Waals surface area contributed by atoms with E-state index in [0.717, 1.165) is 0 Å². The topological polar surface area (TPSA) is 156 Å². The fraction of sp³-hybridized carbons (Fsp3) is 0.200.